The Morgan fingerprint density at radius 2 is 0.860 bits per heavy atom. The Bertz CT molecular complexity index is 3820. The van der Waals surface area contributed by atoms with E-state index in [-0.39, 0.29) is 136 Å². The lowest BCUT2D eigenvalue weighted by Crippen LogP contribution is -2.34. The highest BCUT2D eigenvalue weighted by Crippen LogP contribution is 2.35. The van der Waals surface area contributed by atoms with E-state index in [4.69, 9.17) is 34.9 Å². The molecule has 538 valence electrons. The minimum absolute atomic E-state index is 0.0239. The third-order valence-corrected chi connectivity index (χ3v) is 16.5. The van der Waals surface area contributed by atoms with Gasteiger partial charge in [0.25, 0.3) is 5.91 Å². The minimum atomic E-state index is -0.956. The molecule has 30 nitrogen and oxygen atoms in total. The van der Waals surface area contributed by atoms with Crippen LogP contribution < -0.4 is 69.5 Å². The maximum atomic E-state index is 14.5. The average molecular weight is 1380 g/mol. The molecular formula is C70H94N16O14. The lowest BCUT2D eigenvalue weighted by molar-refractivity contribution is 0.0166. The van der Waals surface area contributed by atoms with E-state index in [1.165, 1.54) is 54.6 Å². The topological polar surface area (TPSA) is 419 Å². The summed E-state index contributed by atoms with van der Waals surface area (Å²) in [5.74, 6) is -1.82. The van der Waals surface area contributed by atoms with Crippen LogP contribution in [0.2, 0.25) is 0 Å². The van der Waals surface area contributed by atoms with Crippen molar-refractivity contribution >= 4 is 88.2 Å². The van der Waals surface area contributed by atoms with Crippen molar-refractivity contribution in [2.24, 2.45) is 10.8 Å². The van der Waals surface area contributed by atoms with Crippen LogP contribution in [-0.4, -0.2) is 120 Å². The van der Waals surface area contributed by atoms with Crippen LogP contribution in [0, 0.1) is 0 Å². The lowest BCUT2D eigenvalue weighted by atomic mass is 9.82. The number of fused-ring (bicyclic) bond motifs is 6. The van der Waals surface area contributed by atoms with Crippen LogP contribution in [-0.2, 0) is 101 Å². The fourth-order valence-corrected chi connectivity index (χ4v) is 12.2. The molecule has 0 unspecified atom stereocenters. The van der Waals surface area contributed by atoms with E-state index in [0.29, 0.717) is 74.8 Å². The van der Waals surface area contributed by atoms with Gasteiger partial charge < -0.3 is 93.2 Å². The molecule has 0 aliphatic carbocycles. The van der Waals surface area contributed by atoms with Crippen LogP contribution in [0.4, 0.5) is 62.9 Å². The van der Waals surface area contributed by atoms with Crippen LogP contribution in [0.1, 0.15) is 160 Å². The van der Waals surface area contributed by atoms with Crippen molar-refractivity contribution in [3.63, 3.8) is 0 Å². The smallest absolute Gasteiger partial charge is 0.338 e. The molecule has 14 N–H and O–H groups in total. The van der Waals surface area contributed by atoms with Crippen molar-refractivity contribution in [2.45, 2.75) is 140 Å². The van der Waals surface area contributed by atoms with E-state index in [1.54, 1.807) is 13.8 Å². The number of rotatable bonds is 28. The summed E-state index contributed by atoms with van der Waals surface area (Å²) in [6, 6.07) is 8.59. The maximum absolute atomic E-state index is 14.5. The molecule has 0 radical (unpaired) electrons. The molecule has 30 heteroatoms. The number of hydrogen-bond acceptors (Lipinski definition) is 15. The Labute approximate surface area is 581 Å². The highest BCUT2D eigenvalue weighted by molar-refractivity contribution is 6.04. The summed E-state index contributed by atoms with van der Waals surface area (Å²) in [5, 5.41) is 37.9. The zero-order valence-electron chi connectivity index (χ0n) is 58.4. The second-order valence-electron chi connectivity index (χ2n) is 22.5. The lowest BCUT2D eigenvalue weighted by Gasteiger charge is -2.27. The first kappa shape index (κ1) is 78.3. The second-order valence-corrected chi connectivity index (χ2v) is 22.5. The largest absolute Gasteiger partial charge is 0.462 e. The molecule has 0 fully saturated rings. The first-order valence-electron chi connectivity index (χ1n) is 33.8. The summed E-state index contributed by atoms with van der Waals surface area (Å²) in [5.41, 5.74) is 25.0. The summed E-state index contributed by atoms with van der Waals surface area (Å²) in [4.78, 5) is 126. The summed E-state index contributed by atoms with van der Waals surface area (Å²) >= 11 is 0. The van der Waals surface area contributed by atoms with Gasteiger partial charge in [0.05, 0.1) is 98.1 Å². The molecule has 0 aromatic heterocycles. The zero-order chi connectivity index (χ0) is 72.7. The van der Waals surface area contributed by atoms with Gasteiger partial charge in [-0.3, -0.25) is 4.79 Å². The first-order valence-corrected chi connectivity index (χ1v) is 33.8. The van der Waals surface area contributed by atoms with Gasteiger partial charge in [0.2, 0.25) is 0 Å². The van der Waals surface area contributed by atoms with Crippen LogP contribution in [0.5, 0.6) is 0 Å². The van der Waals surface area contributed by atoms with Gasteiger partial charge >= 0.3 is 48.1 Å². The second kappa shape index (κ2) is 40.3. The van der Waals surface area contributed by atoms with E-state index < -0.39 is 54.0 Å². The van der Waals surface area contributed by atoms with Gasteiger partial charge in [-0.1, -0.05) is 53.6 Å². The molecule has 6 rings (SSSR count). The number of primary amides is 1. The molecule has 13 amide bonds. The van der Waals surface area contributed by atoms with Crippen LogP contribution in [0.3, 0.4) is 0 Å². The van der Waals surface area contributed by atoms with Crippen LogP contribution in [0.25, 0.3) is 10.4 Å². The van der Waals surface area contributed by atoms with Crippen molar-refractivity contribution in [1.29, 1.82) is 0 Å². The SMILES string of the molecule is CCOC(=O)c1ccc(NC(=O)NCc2c(CC)c3c(CC)c(c2CC)CNC(=O)Nc2ccc(C(=O)OCC)cc2NC(=O)NCc2c(CC)c(CC)c(CC)c(c2CC)CNC(=O)Nc2cc(C(=O)NCCOCCOCCOCCN=[N+]=[N-])ccc2NC(=O)NC3)c(NC(N)=O)c1. The molecule has 0 atom stereocenters. The first-order chi connectivity index (χ1) is 48.3. The summed E-state index contributed by atoms with van der Waals surface area (Å²) < 4.78 is 26.9. The number of amides is 13. The molecule has 0 saturated heterocycles. The van der Waals surface area contributed by atoms with Gasteiger partial charge in [0.1, 0.15) is 0 Å². The number of carbonyl (C=O) groups is 9. The molecular weight excluding hydrogens is 1290 g/mol. The predicted octanol–water partition coefficient (Wildman–Crippen LogP) is 10.5. The molecule has 0 saturated carbocycles. The van der Waals surface area contributed by atoms with Gasteiger partial charge in [-0.05, 0) is 186 Å². The summed E-state index contributed by atoms with van der Waals surface area (Å²) in [7, 11) is 0. The Balaban J connectivity index is 1.41. The molecule has 1 aliphatic heterocycles. The third-order valence-electron chi connectivity index (χ3n) is 16.5. The van der Waals surface area contributed by atoms with Crippen molar-refractivity contribution in [2.75, 3.05) is 97.8 Å². The van der Waals surface area contributed by atoms with Crippen LogP contribution >= 0.6 is 0 Å². The number of benzene rings is 5. The van der Waals surface area contributed by atoms with Gasteiger partial charge in [0.15, 0.2) is 0 Å². The number of hydrogen-bond donors (Lipinski definition) is 13. The Hall–Kier alpha value is -10.7. The Morgan fingerprint density at radius 3 is 1.30 bits per heavy atom. The van der Waals surface area contributed by atoms with Crippen molar-refractivity contribution in [1.82, 2.24) is 31.9 Å². The van der Waals surface area contributed by atoms with Crippen molar-refractivity contribution < 1.29 is 66.8 Å². The number of nitrogens with two attached hydrogens (primary N) is 1. The number of urea groups is 6. The highest BCUT2D eigenvalue weighted by Gasteiger charge is 2.27. The minimum Gasteiger partial charge on any atom is -0.462 e. The highest BCUT2D eigenvalue weighted by atomic mass is 16.5. The average Bonchev–Trinajstić information content (AvgIpc) is 0.778. The molecule has 5 aromatic carbocycles. The standard InChI is InChI=1S/C70H94N16O14/c1-10-44-45(11-2)51-36-77-69(94)84-60-33-41(62(87)73-25-27-96-29-31-98-32-30-97-28-26-79-86-72)19-22-57(60)82-67(92)75-39-54-48(14-5)53(38-74-66(91)81-56-23-20-42(63(88)99-17-8)34-59(56)80-65(71)90)49(15-6)55(50(54)16-7)40-76-68(93)83-58-24-21-43(64(89)100-18-9)35-61(58)85-70(95)78-37-52(46(44)12-3)47(51)13-4/h19-24,33-35H,10-18,25-32,36-40H2,1-9H3,(H,73,87)(H3,71,80,90)(H2,74,81,91)(H2,75,82,92)(H2,76,83,93)(H2,77,84,94)(H2,78,85,95). The molecule has 1 heterocycles. The number of anilines is 6. The number of azide groups is 1. The van der Waals surface area contributed by atoms with Crippen molar-refractivity contribution in [3.8, 4) is 0 Å². The van der Waals surface area contributed by atoms with E-state index >= 15 is 0 Å². The van der Waals surface area contributed by atoms with Crippen molar-refractivity contribution in [3.05, 3.63) is 148 Å². The van der Waals surface area contributed by atoms with E-state index in [1.807, 2.05) is 41.5 Å². The van der Waals surface area contributed by atoms with E-state index in [2.05, 4.69) is 80.8 Å². The van der Waals surface area contributed by atoms with E-state index in [0.717, 1.165) is 50.1 Å². The van der Waals surface area contributed by atoms with Gasteiger partial charge in [-0.2, -0.15) is 0 Å². The Morgan fingerprint density at radius 1 is 0.460 bits per heavy atom. The molecule has 0 spiro atoms. The molecule has 5 aromatic rings. The quantitative estimate of drug-likeness (QED) is 0.00728. The van der Waals surface area contributed by atoms with Crippen LogP contribution in [0.15, 0.2) is 59.7 Å². The molecule has 1 aliphatic rings. The number of nitrogens with one attached hydrogen (secondary N) is 12. The predicted molar refractivity (Wildman–Crippen MR) is 381 cm³/mol. The van der Waals surface area contributed by atoms with Gasteiger partial charge in [-0.25, -0.2) is 38.4 Å². The zero-order valence-corrected chi connectivity index (χ0v) is 58.4. The van der Waals surface area contributed by atoms with Gasteiger partial charge in [-0.15, -0.1) is 0 Å². The summed E-state index contributed by atoms with van der Waals surface area (Å²) in [6.07, 6.45) is 3.63. The van der Waals surface area contributed by atoms with Gasteiger partial charge in [0, 0.05) is 56.3 Å². The monoisotopic (exact) mass is 1380 g/mol. The third kappa shape index (κ3) is 21.9. The molecule has 100 heavy (non-hydrogen) atoms. The maximum Gasteiger partial charge on any atom is 0.338 e. The normalized spacial score (nSPS) is 12.7. The number of ether oxygens (including phenoxy) is 5. The molecule has 4 bridgehead atoms. The number of carbonyl (C=O) groups excluding carboxylic acids is 9. The van der Waals surface area contributed by atoms with E-state index in [9.17, 15) is 43.2 Å². The number of esters is 2. The Kier molecular flexibility index (Phi) is 31.5. The number of nitrogens with zero attached hydrogens (tertiary/aromatic N) is 3. The fraction of sp³-hybridized carbons (Fsp3) is 0.443. The summed E-state index contributed by atoms with van der Waals surface area (Å²) in [6.45, 7) is 19.2. The fourth-order valence-electron chi connectivity index (χ4n) is 12.2.